The Morgan fingerprint density at radius 1 is 0.964 bits per heavy atom. The molecular formula is C24H24O4. The van der Waals surface area contributed by atoms with Crippen LogP contribution < -0.4 is 9.47 Å². The van der Waals surface area contributed by atoms with Gasteiger partial charge in [0.2, 0.25) is 0 Å². The van der Waals surface area contributed by atoms with Crippen molar-refractivity contribution < 1.29 is 19.1 Å². The predicted molar refractivity (Wildman–Crippen MR) is 110 cm³/mol. The van der Waals surface area contributed by atoms with Crippen LogP contribution in [0.5, 0.6) is 11.5 Å². The van der Waals surface area contributed by atoms with Crippen molar-refractivity contribution >= 4 is 22.5 Å². The van der Waals surface area contributed by atoms with Crippen molar-refractivity contribution in [3.63, 3.8) is 0 Å². The summed E-state index contributed by atoms with van der Waals surface area (Å²) in [5.41, 5.74) is 2.60. The fourth-order valence-corrected chi connectivity index (χ4v) is 3.13. The Bertz CT molecular complexity index is 1020. The summed E-state index contributed by atoms with van der Waals surface area (Å²) in [5, 5.41) is 1.58. The summed E-state index contributed by atoms with van der Waals surface area (Å²) >= 11 is 0. The molecule has 0 saturated heterocycles. The molecule has 0 aliphatic heterocycles. The van der Waals surface area contributed by atoms with E-state index in [2.05, 4.69) is 13.8 Å². The minimum absolute atomic E-state index is 0.0582. The van der Waals surface area contributed by atoms with Crippen LogP contribution >= 0.6 is 0 Å². The van der Waals surface area contributed by atoms with Crippen LogP contribution in [-0.4, -0.2) is 18.4 Å². The molecule has 0 radical (unpaired) electrons. The lowest BCUT2D eigenvalue weighted by Gasteiger charge is -2.14. The molecule has 0 unspecified atom stereocenters. The van der Waals surface area contributed by atoms with Gasteiger partial charge in [0, 0.05) is 23.3 Å². The smallest absolute Gasteiger partial charge is 0.308 e. The van der Waals surface area contributed by atoms with Crippen molar-refractivity contribution in [1.82, 2.24) is 0 Å². The summed E-state index contributed by atoms with van der Waals surface area (Å²) in [6.07, 6.45) is 0. The largest absolute Gasteiger partial charge is 0.485 e. The third-order valence-corrected chi connectivity index (χ3v) is 4.65. The van der Waals surface area contributed by atoms with E-state index in [-0.39, 0.29) is 18.4 Å². The number of ketones is 1. The molecule has 0 bridgehead atoms. The first-order chi connectivity index (χ1) is 13.4. The monoisotopic (exact) mass is 376 g/mol. The number of hydrogen-bond donors (Lipinski definition) is 0. The SMILES string of the molecule is CC(=O)Oc1c(C)cc(OCC(=O)c2ccc(C(C)C)cc2)c2ccccc12. The number of fused-ring (bicyclic) bond motifs is 1. The van der Waals surface area contributed by atoms with Crippen LogP contribution in [0.4, 0.5) is 0 Å². The number of rotatable bonds is 6. The second-order valence-electron chi connectivity index (χ2n) is 7.15. The van der Waals surface area contributed by atoms with E-state index < -0.39 is 0 Å². The highest BCUT2D eigenvalue weighted by Crippen LogP contribution is 2.36. The van der Waals surface area contributed by atoms with E-state index in [0.29, 0.717) is 23.0 Å². The molecule has 0 N–H and O–H groups in total. The van der Waals surface area contributed by atoms with Gasteiger partial charge in [-0.2, -0.15) is 0 Å². The van der Waals surface area contributed by atoms with Crippen LogP contribution in [0.15, 0.2) is 54.6 Å². The van der Waals surface area contributed by atoms with E-state index in [1.807, 2.05) is 55.5 Å². The molecule has 0 fully saturated rings. The minimum Gasteiger partial charge on any atom is -0.485 e. The fraction of sp³-hybridized carbons (Fsp3) is 0.250. The normalized spacial score (nSPS) is 10.9. The standard InChI is InChI=1S/C24H24O4/c1-15(2)18-9-11-19(12-10-18)22(26)14-27-23-13-16(3)24(28-17(4)25)21-8-6-5-7-20(21)23/h5-13,15H,14H2,1-4H3. The molecule has 3 aromatic rings. The van der Waals surface area contributed by atoms with Crippen molar-refractivity contribution in [2.75, 3.05) is 6.61 Å². The number of esters is 1. The molecule has 4 heteroatoms. The molecule has 28 heavy (non-hydrogen) atoms. The molecule has 0 amide bonds. The Morgan fingerprint density at radius 2 is 1.61 bits per heavy atom. The first kappa shape index (κ1) is 19.6. The van der Waals surface area contributed by atoms with Crippen LogP contribution in [0.2, 0.25) is 0 Å². The highest BCUT2D eigenvalue weighted by atomic mass is 16.5. The van der Waals surface area contributed by atoms with Gasteiger partial charge in [0.25, 0.3) is 0 Å². The topological polar surface area (TPSA) is 52.6 Å². The zero-order valence-corrected chi connectivity index (χ0v) is 16.6. The van der Waals surface area contributed by atoms with Gasteiger partial charge in [0.05, 0.1) is 0 Å². The van der Waals surface area contributed by atoms with Crippen LogP contribution in [0.25, 0.3) is 10.8 Å². The summed E-state index contributed by atoms with van der Waals surface area (Å²) in [6.45, 7) is 7.41. The van der Waals surface area contributed by atoms with Crippen molar-refractivity contribution in [1.29, 1.82) is 0 Å². The quantitative estimate of drug-likeness (QED) is 0.326. The molecule has 144 valence electrons. The van der Waals surface area contributed by atoms with Gasteiger partial charge in [-0.15, -0.1) is 0 Å². The van der Waals surface area contributed by atoms with Crippen molar-refractivity contribution in [3.8, 4) is 11.5 Å². The summed E-state index contributed by atoms with van der Waals surface area (Å²) in [4.78, 5) is 24.0. The van der Waals surface area contributed by atoms with Crippen LogP contribution in [0, 0.1) is 6.92 Å². The summed E-state index contributed by atoms with van der Waals surface area (Å²) < 4.78 is 11.2. The van der Waals surface area contributed by atoms with Gasteiger partial charge in [-0.05, 0) is 30.0 Å². The average molecular weight is 376 g/mol. The molecule has 0 spiro atoms. The van der Waals surface area contributed by atoms with Gasteiger partial charge < -0.3 is 9.47 Å². The number of Topliss-reactive ketones (excluding diaryl/α,β-unsaturated/α-hetero) is 1. The average Bonchev–Trinajstić information content (AvgIpc) is 2.68. The van der Waals surface area contributed by atoms with Gasteiger partial charge in [-0.3, -0.25) is 9.59 Å². The molecule has 0 aliphatic carbocycles. The van der Waals surface area contributed by atoms with E-state index >= 15 is 0 Å². The minimum atomic E-state index is -0.373. The Hall–Kier alpha value is -3.14. The van der Waals surface area contributed by atoms with E-state index in [1.54, 1.807) is 6.07 Å². The van der Waals surface area contributed by atoms with Gasteiger partial charge in [0.1, 0.15) is 11.5 Å². The molecule has 3 rings (SSSR count). The van der Waals surface area contributed by atoms with E-state index in [0.717, 1.165) is 16.3 Å². The van der Waals surface area contributed by atoms with Gasteiger partial charge in [-0.25, -0.2) is 0 Å². The lowest BCUT2D eigenvalue weighted by atomic mass is 10.0. The fourth-order valence-electron chi connectivity index (χ4n) is 3.13. The van der Waals surface area contributed by atoms with E-state index in [1.165, 1.54) is 12.5 Å². The van der Waals surface area contributed by atoms with Crippen LogP contribution in [0.3, 0.4) is 0 Å². The Kier molecular flexibility index (Phi) is 5.78. The molecule has 0 atom stereocenters. The molecule has 0 heterocycles. The summed E-state index contributed by atoms with van der Waals surface area (Å²) in [5.74, 6) is 1.08. The van der Waals surface area contributed by atoms with Gasteiger partial charge in [-0.1, -0.05) is 62.4 Å². The number of benzene rings is 3. The maximum absolute atomic E-state index is 12.5. The number of carbonyl (C=O) groups is 2. The lowest BCUT2D eigenvalue weighted by Crippen LogP contribution is -2.12. The molecule has 0 aromatic heterocycles. The van der Waals surface area contributed by atoms with Crippen LogP contribution in [0.1, 0.15) is 48.2 Å². The lowest BCUT2D eigenvalue weighted by molar-refractivity contribution is -0.131. The zero-order valence-electron chi connectivity index (χ0n) is 16.6. The Morgan fingerprint density at radius 3 is 2.21 bits per heavy atom. The third kappa shape index (κ3) is 4.22. The molecular weight excluding hydrogens is 352 g/mol. The Labute approximate surface area is 165 Å². The summed E-state index contributed by atoms with van der Waals surface area (Å²) in [7, 11) is 0. The van der Waals surface area contributed by atoms with Crippen LogP contribution in [-0.2, 0) is 4.79 Å². The first-order valence-electron chi connectivity index (χ1n) is 9.33. The summed E-state index contributed by atoms with van der Waals surface area (Å²) in [6, 6.07) is 17.0. The first-order valence-corrected chi connectivity index (χ1v) is 9.33. The van der Waals surface area contributed by atoms with Crippen molar-refractivity contribution in [2.45, 2.75) is 33.6 Å². The predicted octanol–water partition coefficient (Wildman–Crippen LogP) is 5.46. The second-order valence-corrected chi connectivity index (χ2v) is 7.15. The van der Waals surface area contributed by atoms with Gasteiger partial charge >= 0.3 is 5.97 Å². The van der Waals surface area contributed by atoms with Gasteiger partial charge in [0.15, 0.2) is 12.4 Å². The molecule has 0 saturated carbocycles. The molecule has 3 aromatic carbocycles. The van der Waals surface area contributed by atoms with Crippen molar-refractivity contribution in [3.05, 3.63) is 71.3 Å². The van der Waals surface area contributed by atoms with E-state index in [9.17, 15) is 9.59 Å². The molecule has 4 nitrogen and oxygen atoms in total. The maximum Gasteiger partial charge on any atom is 0.308 e. The highest BCUT2D eigenvalue weighted by Gasteiger charge is 2.15. The third-order valence-electron chi connectivity index (χ3n) is 4.65. The number of hydrogen-bond acceptors (Lipinski definition) is 4. The maximum atomic E-state index is 12.5. The van der Waals surface area contributed by atoms with E-state index in [4.69, 9.17) is 9.47 Å². The molecule has 0 aliphatic rings. The zero-order chi connectivity index (χ0) is 20.3. The Balaban J connectivity index is 1.84. The highest BCUT2D eigenvalue weighted by molar-refractivity contribution is 5.98. The number of aryl methyl sites for hydroxylation is 1. The number of ether oxygens (including phenoxy) is 2. The number of carbonyl (C=O) groups excluding carboxylic acids is 2. The second kappa shape index (κ2) is 8.26. The van der Waals surface area contributed by atoms with Crippen molar-refractivity contribution in [2.24, 2.45) is 0 Å².